The van der Waals surface area contributed by atoms with E-state index in [0.717, 1.165) is 35.3 Å². The molecule has 5 rings (SSSR count). The van der Waals surface area contributed by atoms with Crippen LogP contribution in [0, 0.1) is 18.8 Å². The van der Waals surface area contributed by atoms with Crippen molar-refractivity contribution in [3.63, 3.8) is 0 Å². The number of benzene rings is 2. The lowest BCUT2D eigenvalue weighted by Gasteiger charge is -2.30. The third-order valence-electron chi connectivity index (χ3n) is 7.30. The summed E-state index contributed by atoms with van der Waals surface area (Å²) in [4.78, 5) is 27.5. The number of sulfonamides is 1. The molecule has 2 aliphatic heterocycles. The van der Waals surface area contributed by atoms with Crippen LogP contribution in [-0.2, 0) is 26.0 Å². The van der Waals surface area contributed by atoms with Crippen LogP contribution >= 0.6 is 0 Å². The Balaban J connectivity index is 1.26. The molecular formula is C26H31N3O4S. The summed E-state index contributed by atoms with van der Waals surface area (Å²) in [5.74, 6) is 0.0150. The molecule has 0 spiro atoms. The summed E-state index contributed by atoms with van der Waals surface area (Å²) >= 11 is 0. The Kier molecular flexibility index (Phi) is 5.98. The van der Waals surface area contributed by atoms with Crippen molar-refractivity contribution >= 4 is 33.2 Å². The summed E-state index contributed by atoms with van der Waals surface area (Å²) in [5, 5.41) is 2.98. The zero-order valence-electron chi connectivity index (χ0n) is 19.7. The quantitative estimate of drug-likeness (QED) is 0.705. The van der Waals surface area contributed by atoms with Gasteiger partial charge in [-0.05, 0) is 81.3 Å². The number of fused-ring (bicyclic) bond motifs is 1. The molecule has 8 heteroatoms. The fraction of sp³-hybridized carbons (Fsp3) is 0.462. The van der Waals surface area contributed by atoms with Crippen molar-refractivity contribution in [2.24, 2.45) is 11.8 Å². The van der Waals surface area contributed by atoms with Gasteiger partial charge in [-0.1, -0.05) is 18.2 Å². The van der Waals surface area contributed by atoms with Crippen molar-refractivity contribution < 1.29 is 18.0 Å². The molecule has 180 valence electrons. The molecule has 1 atom stereocenters. The molecule has 7 nitrogen and oxygen atoms in total. The highest BCUT2D eigenvalue weighted by molar-refractivity contribution is 7.89. The van der Waals surface area contributed by atoms with Crippen LogP contribution in [0.3, 0.4) is 0 Å². The van der Waals surface area contributed by atoms with Gasteiger partial charge in [0.25, 0.3) is 0 Å². The maximum atomic E-state index is 13.4. The van der Waals surface area contributed by atoms with Gasteiger partial charge in [0.15, 0.2) is 0 Å². The number of hydrogen-bond acceptors (Lipinski definition) is 4. The smallest absolute Gasteiger partial charge is 0.243 e. The number of rotatable bonds is 5. The highest BCUT2D eigenvalue weighted by Crippen LogP contribution is 2.40. The molecule has 1 N–H and O–H groups in total. The average Bonchev–Trinajstić information content (AvgIpc) is 3.62. The summed E-state index contributed by atoms with van der Waals surface area (Å²) in [6.07, 6.45) is 3.54. The van der Waals surface area contributed by atoms with E-state index < -0.39 is 10.0 Å². The Hall–Kier alpha value is -2.71. The van der Waals surface area contributed by atoms with Gasteiger partial charge in [-0.3, -0.25) is 9.59 Å². The minimum absolute atomic E-state index is 0.0450. The fourth-order valence-corrected chi connectivity index (χ4v) is 6.61. The predicted molar refractivity (Wildman–Crippen MR) is 131 cm³/mol. The summed E-state index contributed by atoms with van der Waals surface area (Å²) in [6.45, 7) is 4.59. The predicted octanol–water partition coefficient (Wildman–Crippen LogP) is 3.72. The van der Waals surface area contributed by atoms with E-state index in [9.17, 15) is 18.0 Å². The Bertz CT molecular complexity index is 1230. The summed E-state index contributed by atoms with van der Waals surface area (Å²) in [7, 11) is -3.66. The van der Waals surface area contributed by atoms with Crippen molar-refractivity contribution in [3.8, 4) is 0 Å². The third-order valence-corrected chi connectivity index (χ3v) is 9.19. The van der Waals surface area contributed by atoms with Crippen LogP contribution in [0.25, 0.3) is 0 Å². The molecule has 34 heavy (non-hydrogen) atoms. The first kappa shape index (κ1) is 23.1. The van der Waals surface area contributed by atoms with Crippen molar-refractivity contribution in [1.29, 1.82) is 0 Å². The highest BCUT2D eigenvalue weighted by Gasteiger charge is 2.40. The summed E-state index contributed by atoms with van der Waals surface area (Å²) < 4.78 is 28.2. The van der Waals surface area contributed by atoms with Gasteiger partial charge in [-0.15, -0.1) is 0 Å². The molecule has 2 amide bonds. The van der Waals surface area contributed by atoms with Crippen LogP contribution in [-0.4, -0.2) is 43.7 Å². The largest absolute Gasteiger partial charge is 0.326 e. The third kappa shape index (κ3) is 4.25. The van der Waals surface area contributed by atoms with Gasteiger partial charge in [0.05, 0.1) is 4.90 Å². The van der Waals surface area contributed by atoms with Gasteiger partial charge in [0.1, 0.15) is 0 Å². The number of anilines is 2. The molecule has 2 aromatic rings. The Labute approximate surface area is 201 Å². The average molecular weight is 482 g/mol. The fourth-order valence-electron chi connectivity index (χ4n) is 5.09. The molecule has 1 aliphatic carbocycles. The molecule has 2 heterocycles. The second-order valence-corrected chi connectivity index (χ2v) is 11.7. The zero-order chi connectivity index (χ0) is 24.0. The first-order valence-electron chi connectivity index (χ1n) is 12.1. The number of aryl methyl sites for hydroxylation is 1. The van der Waals surface area contributed by atoms with Gasteiger partial charge < -0.3 is 10.2 Å². The van der Waals surface area contributed by atoms with Crippen molar-refractivity contribution in [2.75, 3.05) is 23.3 Å². The standard InChI is InChI=1S/C26H31N3O4S/c1-17-5-3-4-6-23(17)27-25(30)19-11-13-28(14-12-19)34(32,33)22-9-10-24-21(16-22)15-18(2)29(24)26(31)20-7-8-20/h3-6,9-10,16,18-20H,7-8,11-15H2,1-2H3,(H,27,30)/t18-/m0/s1. The van der Waals surface area contributed by atoms with E-state index >= 15 is 0 Å². The number of carbonyl (C=O) groups is 2. The van der Waals surface area contributed by atoms with Gasteiger partial charge in [-0.25, -0.2) is 8.42 Å². The molecular weight excluding hydrogens is 450 g/mol. The number of hydrogen-bond donors (Lipinski definition) is 1. The SMILES string of the molecule is Cc1ccccc1NC(=O)C1CCN(S(=O)(=O)c2ccc3c(c2)C[C@H](C)N3C(=O)C2CC2)CC1. The van der Waals surface area contributed by atoms with E-state index in [2.05, 4.69) is 5.32 Å². The normalized spacial score (nSPS) is 21.4. The lowest BCUT2D eigenvalue weighted by atomic mass is 9.97. The summed E-state index contributed by atoms with van der Waals surface area (Å²) in [5.41, 5.74) is 3.55. The second kappa shape index (κ2) is 8.82. The maximum Gasteiger partial charge on any atom is 0.243 e. The zero-order valence-corrected chi connectivity index (χ0v) is 20.5. The van der Waals surface area contributed by atoms with E-state index in [-0.39, 0.29) is 34.6 Å². The van der Waals surface area contributed by atoms with Gasteiger partial charge >= 0.3 is 0 Å². The lowest BCUT2D eigenvalue weighted by Crippen LogP contribution is -2.41. The molecule has 1 saturated carbocycles. The van der Waals surface area contributed by atoms with Crippen LogP contribution in [0.1, 0.15) is 43.7 Å². The van der Waals surface area contributed by atoms with Crippen LogP contribution in [0.4, 0.5) is 11.4 Å². The van der Waals surface area contributed by atoms with Gasteiger partial charge in [0.2, 0.25) is 21.8 Å². The van der Waals surface area contributed by atoms with Crippen LogP contribution in [0.15, 0.2) is 47.4 Å². The van der Waals surface area contributed by atoms with E-state index in [1.165, 1.54) is 4.31 Å². The monoisotopic (exact) mass is 481 g/mol. The molecule has 0 aromatic heterocycles. The molecule has 3 aliphatic rings. The second-order valence-electron chi connectivity index (χ2n) is 9.81. The maximum absolute atomic E-state index is 13.4. The Morgan fingerprint density at radius 3 is 2.35 bits per heavy atom. The molecule has 2 aromatic carbocycles. The van der Waals surface area contributed by atoms with E-state index in [4.69, 9.17) is 0 Å². The highest BCUT2D eigenvalue weighted by atomic mass is 32.2. The van der Waals surface area contributed by atoms with Crippen molar-refractivity contribution in [2.45, 2.75) is 56.9 Å². The first-order valence-corrected chi connectivity index (χ1v) is 13.5. The van der Waals surface area contributed by atoms with Crippen LogP contribution in [0.2, 0.25) is 0 Å². The minimum atomic E-state index is -3.66. The summed E-state index contributed by atoms with van der Waals surface area (Å²) in [6, 6.07) is 12.8. The molecule has 0 unspecified atom stereocenters. The molecule has 0 bridgehead atoms. The number of carbonyl (C=O) groups excluding carboxylic acids is 2. The Morgan fingerprint density at radius 1 is 0.971 bits per heavy atom. The van der Waals surface area contributed by atoms with Crippen molar-refractivity contribution in [1.82, 2.24) is 4.31 Å². The number of piperidine rings is 1. The van der Waals surface area contributed by atoms with Gasteiger partial charge in [0, 0.05) is 42.3 Å². The van der Waals surface area contributed by atoms with Crippen LogP contribution in [0.5, 0.6) is 0 Å². The van der Waals surface area contributed by atoms with Crippen molar-refractivity contribution in [3.05, 3.63) is 53.6 Å². The number of para-hydroxylation sites is 1. The topological polar surface area (TPSA) is 86.8 Å². The number of amides is 2. The van der Waals surface area contributed by atoms with E-state index in [1.807, 2.05) is 43.0 Å². The van der Waals surface area contributed by atoms with E-state index in [0.29, 0.717) is 32.4 Å². The minimum Gasteiger partial charge on any atom is -0.326 e. The van der Waals surface area contributed by atoms with E-state index in [1.54, 1.807) is 18.2 Å². The van der Waals surface area contributed by atoms with Gasteiger partial charge in [-0.2, -0.15) is 4.31 Å². The Morgan fingerprint density at radius 2 is 1.68 bits per heavy atom. The number of nitrogens with zero attached hydrogens (tertiary/aromatic N) is 2. The molecule has 2 fully saturated rings. The lowest BCUT2D eigenvalue weighted by molar-refractivity contribution is -0.121. The molecule has 0 radical (unpaired) electrons. The number of nitrogens with one attached hydrogen (secondary N) is 1. The first-order chi connectivity index (χ1) is 16.3. The molecule has 1 saturated heterocycles. The van der Waals surface area contributed by atoms with Crippen LogP contribution < -0.4 is 10.2 Å².